The van der Waals surface area contributed by atoms with Crippen LogP contribution in [0.4, 0.5) is 11.4 Å². The van der Waals surface area contributed by atoms with Crippen LogP contribution in [0.2, 0.25) is 0 Å². The molecule has 22 heavy (non-hydrogen) atoms. The molecular formula is C17H18N2O2S. The zero-order chi connectivity index (χ0) is 15.9. The number of rotatable bonds is 5. The van der Waals surface area contributed by atoms with Gasteiger partial charge in [0.05, 0.1) is 5.75 Å². The molecule has 2 aromatic rings. The lowest BCUT2D eigenvalue weighted by Crippen LogP contribution is -2.17. The van der Waals surface area contributed by atoms with Crippen molar-refractivity contribution in [1.82, 2.24) is 0 Å². The maximum Gasteiger partial charge on any atom is 0.256 e. The molecule has 0 aliphatic rings. The van der Waals surface area contributed by atoms with Crippen molar-refractivity contribution < 1.29 is 9.59 Å². The van der Waals surface area contributed by atoms with Crippen molar-refractivity contribution in [3.8, 4) is 0 Å². The molecule has 114 valence electrons. The van der Waals surface area contributed by atoms with Crippen LogP contribution in [0.5, 0.6) is 0 Å². The average molecular weight is 314 g/mol. The van der Waals surface area contributed by atoms with Gasteiger partial charge in [-0.05, 0) is 43.0 Å². The molecule has 0 spiro atoms. The third-order valence-electron chi connectivity index (χ3n) is 3.16. The van der Waals surface area contributed by atoms with Gasteiger partial charge in [-0.25, -0.2) is 0 Å². The number of hydrogen-bond donors (Lipinski definition) is 2. The molecule has 0 bridgehead atoms. The second kappa shape index (κ2) is 7.66. The Labute approximate surface area is 134 Å². The first kappa shape index (κ1) is 16.1. The van der Waals surface area contributed by atoms with Crippen molar-refractivity contribution in [2.24, 2.45) is 0 Å². The fraction of sp³-hybridized carbons (Fsp3) is 0.176. The Hall–Kier alpha value is -2.27. The Morgan fingerprint density at radius 1 is 1.00 bits per heavy atom. The summed E-state index contributed by atoms with van der Waals surface area (Å²) in [7, 11) is 0. The lowest BCUT2D eigenvalue weighted by molar-refractivity contribution is -0.113. The first-order chi connectivity index (χ1) is 10.6. The van der Waals surface area contributed by atoms with Gasteiger partial charge < -0.3 is 10.6 Å². The maximum atomic E-state index is 12.4. The molecule has 0 saturated heterocycles. The average Bonchev–Trinajstić information content (AvgIpc) is 2.50. The van der Waals surface area contributed by atoms with Gasteiger partial charge in [0.2, 0.25) is 5.91 Å². The molecular weight excluding hydrogens is 296 g/mol. The van der Waals surface area contributed by atoms with Crippen LogP contribution >= 0.6 is 11.8 Å². The highest BCUT2D eigenvalue weighted by atomic mass is 32.2. The van der Waals surface area contributed by atoms with Crippen molar-refractivity contribution in [3.05, 3.63) is 59.7 Å². The molecule has 0 atom stereocenters. The van der Waals surface area contributed by atoms with Gasteiger partial charge in [0, 0.05) is 16.9 Å². The molecule has 0 aliphatic heterocycles. The van der Waals surface area contributed by atoms with Crippen molar-refractivity contribution in [1.29, 1.82) is 0 Å². The van der Waals surface area contributed by atoms with E-state index < -0.39 is 0 Å². The summed E-state index contributed by atoms with van der Waals surface area (Å²) in [6.07, 6.45) is 1.87. The molecule has 5 heteroatoms. The van der Waals surface area contributed by atoms with Crippen LogP contribution in [0, 0.1) is 6.92 Å². The van der Waals surface area contributed by atoms with E-state index in [1.54, 1.807) is 18.2 Å². The lowest BCUT2D eigenvalue weighted by Gasteiger charge is -2.12. The molecule has 2 aromatic carbocycles. The van der Waals surface area contributed by atoms with E-state index in [2.05, 4.69) is 10.6 Å². The summed E-state index contributed by atoms with van der Waals surface area (Å²) in [5.41, 5.74) is 2.71. The van der Waals surface area contributed by atoms with Gasteiger partial charge in [-0.15, -0.1) is 0 Å². The second-order valence-electron chi connectivity index (χ2n) is 4.78. The molecule has 0 radical (unpaired) electrons. The minimum absolute atomic E-state index is 0.0729. The number of nitrogens with one attached hydrogen (secondary N) is 2. The molecule has 0 heterocycles. The van der Waals surface area contributed by atoms with Crippen LogP contribution in [0.25, 0.3) is 0 Å². The normalized spacial score (nSPS) is 10.1. The molecule has 0 aromatic heterocycles. The highest BCUT2D eigenvalue weighted by Crippen LogP contribution is 2.20. The van der Waals surface area contributed by atoms with E-state index >= 15 is 0 Å². The van der Waals surface area contributed by atoms with Crippen molar-refractivity contribution in [2.45, 2.75) is 6.92 Å². The molecule has 0 saturated carbocycles. The van der Waals surface area contributed by atoms with Crippen molar-refractivity contribution in [2.75, 3.05) is 22.6 Å². The first-order valence-electron chi connectivity index (χ1n) is 6.86. The molecule has 0 aliphatic carbocycles. The van der Waals surface area contributed by atoms with Gasteiger partial charge in [0.15, 0.2) is 0 Å². The van der Waals surface area contributed by atoms with E-state index in [0.717, 1.165) is 11.3 Å². The molecule has 4 nitrogen and oxygen atoms in total. The van der Waals surface area contributed by atoms with Crippen LogP contribution < -0.4 is 10.6 Å². The molecule has 2 N–H and O–H groups in total. The monoisotopic (exact) mass is 314 g/mol. The zero-order valence-corrected chi connectivity index (χ0v) is 13.4. The van der Waals surface area contributed by atoms with Gasteiger partial charge in [-0.2, -0.15) is 11.8 Å². The zero-order valence-electron chi connectivity index (χ0n) is 12.6. The third kappa shape index (κ3) is 4.11. The topological polar surface area (TPSA) is 58.2 Å². The van der Waals surface area contributed by atoms with Crippen LogP contribution in [-0.2, 0) is 4.79 Å². The lowest BCUT2D eigenvalue weighted by atomic mass is 10.1. The fourth-order valence-electron chi connectivity index (χ4n) is 2.05. The maximum absolute atomic E-state index is 12.4. The predicted octanol–water partition coefficient (Wildman–Crippen LogP) is 3.55. The third-order valence-corrected chi connectivity index (χ3v) is 3.71. The van der Waals surface area contributed by atoms with E-state index in [9.17, 15) is 9.59 Å². The van der Waals surface area contributed by atoms with Gasteiger partial charge in [0.1, 0.15) is 0 Å². The summed E-state index contributed by atoms with van der Waals surface area (Å²) >= 11 is 1.46. The number of anilines is 2. The van der Waals surface area contributed by atoms with Crippen LogP contribution in [-0.4, -0.2) is 23.8 Å². The number of para-hydroxylation sites is 1. The first-order valence-corrected chi connectivity index (χ1v) is 8.26. The second-order valence-corrected chi connectivity index (χ2v) is 5.65. The van der Waals surface area contributed by atoms with E-state index in [1.807, 2.05) is 43.5 Å². The van der Waals surface area contributed by atoms with Crippen molar-refractivity contribution >= 4 is 35.0 Å². The SMILES string of the molecule is CSCC(=O)Nc1cccc(C(=O)Nc2ccccc2)c1C. The summed E-state index contributed by atoms with van der Waals surface area (Å²) in [5.74, 6) is 0.126. The van der Waals surface area contributed by atoms with Crippen LogP contribution in [0.15, 0.2) is 48.5 Å². The van der Waals surface area contributed by atoms with E-state index in [1.165, 1.54) is 11.8 Å². The minimum Gasteiger partial charge on any atom is -0.325 e. The number of benzene rings is 2. The minimum atomic E-state index is -0.190. The standard InChI is InChI=1S/C17H18N2O2S/c1-12-14(17(21)18-13-7-4-3-5-8-13)9-6-10-15(12)19-16(20)11-22-2/h3-10H,11H2,1-2H3,(H,18,21)(H,19,20). The Bertz CT molecular complexity index is 672. The Kier molecular flexibility index (Phi) is 5.61. The van der Waals surface area contributed by atoms with Gasteiger partial charge >= 0.3 is 0 Å². The quantitative estimate of drug-likeness (QED) is 0.887. The van der Waals surface area contributed by atoms with Crippen LogP contribution in [0.1, 0.15) is 15.9 Å². The summed E-state index contributed by atoms with van der Waals surface area (Å²) in [6.45, 7) is 1.83. The predicted molar refractivity (Wildman–Crippen MR) is 92.6 cm³/mol. The highest BCUT2D eigenvalue weighted by Gasteiger charge is 2.13. The highest BCUT2D eigenvalue weighted by molar-refractivity contribution is 7.99. The summed E-state index contributed by atoms with van der Waals surface area (Å²) in [4.78, 5) is 24.1. The molecule has 2 amide bonds. The number of carbonyl (C=O) groups excluding carboxylic acids is 2. The number of carbonyl (C=O) groups is 2. The van der Waals surface area contributed by atoms with Gasteiger partial charge in [-0.1, -0.05) is 24.3 Å². The van der Waals surface area contributed by atoms with Gasteiger partial charge in [-0.3, -0.25) is 9.59 Å². The van der Waals surface area contributed by atoms with Crippen molar-refractivity contribution in [3.63, 3.8) is 0 Å². The largest absolute Gasteiger partial charge is 0.325 e. The van der Waals surface area contributed by atoms with E-state index in [4.69, 9.17) is 0 Å². The Balaban J connectivity index is 2.17. The molecule has 0 unspecified atom stereocenters. The summed E-state index contributed by atoms with van der Waals surface area (Å²) in [6, 6.07) is 14.6. The number of hydrogen-bond acceptors (Lipinski definition) is 3. The molecule has 0 fully saturated rings. The number of thioether (sulfide) groups is 1. The van der Waals surface area contributed by atoms with Gasteiger partial charge in [0.25, 0.3) is 5.91 Å². The smallest absolute Gasteiger partial charge is 0.256 e. The summed E-state index contributed by atoms with van der Waals surface area (Å²) in [5, 5.41) is 5.68. The molecule has 2 rings (SSSR count). The fourth-order valence-corrected chi connectivity index (χ4v) is 2.39. The van der Waals surface area contributed by atoms with Crippen LogP contribution in [0.3, 0.4) is 0 Å². The summed E-state index contributed by atoms with van der Waals surface area (Å²) < 4.78 is 0. The Morgan fingerprint density at radius 3 is 2.41 bits per heavy atom. The number of amides is 2. The van der Waals surface area contributed by atoms with E-state index in [0.29, 0.717) is 17.0 Å². The van der Waals surface area contributed by atoms with E-state index in [-0.39, 0.29) is 11.8 Å². The Morgan fingerprint density at radius 2 is 1.73 bits per heavy atom.